The van der Waals surface area contributed by atoms with Crippen molar-refractivity contribution < 1.29 is 4.39 Å². The third kappa shape index (κ3) is 4.17. The van der Waals surface area contributed by atoms with Crippen LogP contribution in [-0.4, -0.2) is 26.3 Å². The van der Waals surface area contributed by atoms with Crippen molar-refractivity contribution in [2.45, 2.75) is 13.5 Å². The van der Waals surface area contributed by atoms with Gasteiger partial charge in [-0.25, -0.2) is 14.4 Å². The highest BCUT2D eigenvalue weighted by molar-refractivity contribution is 5.76. The lowest BCUT2D eigenvalue weighted by Gasteiger charge is -2.05. The van der Waals surface area contributed by atoms with Gasteiger partial charge in [-0.3, -0.25) is 10.4 Å². The standard InChI is InChI=1S/C22H20FN7/c1-14-5-4-8-18(28-14)22-21(15-9-10-19(26-11-15)27-13-24)29-20(30-22)12-25-17-7-3-2-6-16(17)23/h2-11,13,25H,12H2,1H3,(H,29,30)(H2,24,26,27). The highest BCUT2D eigenvalue weighted by atomic mass is 19.1. The molecule has 0 aliphatic carbocycles. The second-order valence-electron chi connectivity index (χ2n) is 6.63. The van der Waals surface area contributed by atoms with Crippen LogP contribution in [-0.2, 0) is 6.54 Å². The number of hydrogen-bond acceptors (Lipinski definition) is 4. The van der Waals surface area contributed by atoms with Gasteiger partial charge < -0.3 is 15.3 Å². The number of hydrogen-bond donors (Lipinski definition) is 4. The van der Waals surface area contributed by atoms with Crippen molar-refractivity contribution in [3.8, 4) is 22.6 Å². The minimum atomic E-state index is -0.315. The molecule has 0 aliphatic rings. The number of H-pyrrole nitrogens is 2. The van der Waals surface area contributed by atoms with Gasteiger partial charge >= 0.3 is 0 Å². The maximum Gasteiger partial charge on any atom is 0.146 e. The first kappa shape index (κ1) is 19.3. The number of aromatic nitrogens is 4. The quantitative estimate of drug-likeness (QED) is 0.289. The number of anilines is 1. The van der Waals surface area contributed by atoms with E-state index in [2.05, 4.69) is 25.3 Å². The van der Waals surface area contributed by atoms with Crippen LogP contribution in [0, 0.1) is 18.2 Å². The smallest absolute Gasteiger partial charge is 0.146 e. The molecule has 0 unspecified atom stereocenters. The lowest BCUT2D eigenvalue weighted by atomic mass is 10.1. The predicted molar refractivity (Wildman–Crippen MR) is 114 cm³/mol. The topological polar surface area (TPSA) is 106 Å². The average Bonchev–Trinajstić information content (AvgIpc) is 3.18. The lowest BCUT2D eigenvalue weighted by Crippen LogP contribution is -2.05. The molecule has 3 heterocycles. The molecule has 0 fully saturated rings. The molecule has 3 aromatic heterocycles. The van der Waals surface area contributed by atoms with Gasteiger partial charge in [-0.05, 0) is 43.3 Å². The Hall–Kier alpha value is -4.07. The molecule has 0 amide bonds. The summed E-state index contributed by atoms with van der Waals surface area (Å²) in [6, 6.07) is 16.0. The Balaban J connectivity index is 1.72. The zero-order valence-corrected chi connectivity index (χ0v) is 16.3. The van der Waals surface area contributed by atoms with Crippen LogP contribution in [0.25, 0.3) is 22.6 Å². The van der Waals surface area contributed by atoms with Crippen molar-refractivity contribution in [1.82, 2.24) is 19.9 Å². The largest absolute Gasteiger partial charge is 0.375 e. The summed E-state index contributed by atoms with van der Waals surface area (Å²) < 4.78 is 13.9. The molecule has 8 heteroatoms. The highest BCUT2D eigenvalue weighted by Gasteiger charge is 2.16. The van der Waals surface area contributed by atoms with Crippen LogP contribution in [0.4, 0.5) is 10.1 Å². The van der Waals surface area contributed by atoms with Crippen molar-refractivity contribution in [2.24, 2.45) is 4.99 Å². The second kappa shape index (κ2) is 8.52. The molecule has 4 N–H and O–H groups in total. The fraction of sp³-hybridized carbons (Fsp3) is 0.0909. The van der Waals surface area contributed by atoms with E-state index in [0.29, 0.717) is 23.5 Å². The zero-order chi connectivity index (χ0) is 20.9. The first-order valence-corrected chi connectivity index (χ1v) is 9.37. The Kier molecular flexibility index (Phi) is 5.47. The van der Waals surface area contributed by atoms with Crippen LogP contribution < -0.4 is 10.8 Å². The van der Waals surface area contributed by atoms with Crippen LogP contribution in [0.5, 0.6) is 0 Å². The van der Waals surface area contributed by atoms with E-state index >= 15 is 0 Å². The van der Waals surface area contributed by atoms with Crippen molar-refractivity contribution in [3.05, 3.63) is 83.6 Å². The van der Waals surface area contributed by atoms with Crippen LogP contribution >= 0.6 is 0 Å². The summed E-state index contributed by atoms with van der Waals surface area (Å²) in [5.41, 5.74) is 4.97. The molecular formula is C22H20FN7. The molecule has 7 nitrogen and oxygen atoms in total. The Morgan fingerprint density at radius 2 is 1.97 bits per heavy atom. The van der Waals surface area contributed by atoms with Gasteiger partial charge in [0.2, 0.25) is 0 Å². The van der Waals surface area contributed by atoms with E-state index in [9.17, 15) is 4.39 Å². The second-order valence-corrected chi connectivity index (χ2v) is 6.63. The molecule has 0 saturated heterocycles. The molecule has 0 saturated carbocycles. The number of nitrogens with zero attached hydrogens (tertiary/aromatic N) is 3. The van der Waals surface area contributed by atoms with Crippen molar-refractivity contribution in [2.75, 3.05) is 5.32 Å². The number of benzene rings is 1. The van der Waals surface area contributed by atoms with E-state index < -0.39 is 0 Å². The molecule has 0 spiro atoms. The molecular weight excluding hydrogens is 381 g/mol. The number of rotatable bonds is 6. The van der Waals surface area contributed by atoms with Gasteiger partial charge in [-0.1, -0.05) is 18.2 Å². The monoisotopic (exact) mass is 401 g/mol. The normalized spacial score (nSPS) is 11.5. The summed E-state index contributed by atoms with van der Waals surface area (Å²) >= 11 is 0. The lowest BCUT2D eigenvalue weighted by molar-refractivity contribution is 0.630. The van der Waals surface area contributed by atoms with Crippen LogP contribution in [0.1, 0.15) is 11.5 Å². The maximum absolute atomic E-state index is 13.9. The third-order valence-corrected chi connectivity index (χ3v) is 4.49. The molecule has 4 aromatic rings. The zero-order valence-electron chi connectivity index (χ0n) is 16.3. The number of nitrogens with one attached hydrogen (secondary N) is 4. The number of halogens is 1. The van der Waals surface area contributed by atoms with Gasteiger partial charge in [0.1, 0.15) is 23.5 Å². The first-order chi connectivity index (χ1) is 14.6. The number of pyridine rings is 2. The van der Waals surface area contributed by atoms with Gasteiger partial charge in [-0.2, -0.15) is 0 Å². The highest BCUT2D eigenvalue weighted by Crippen LogP contribution is 2.28. The van der Waals surface area contributed by atoms with Gasteiger partial charge in [0.05, 0.1) is 29.3 Å². The Morgan fingerprint density at radius 1 is 1.10 bits per heavy atom. The Morgan fingerprint density at radius 3 is 2.70 bits per heavy atom. The SMILES string of the molecule is Cc1cccc(-c2[nH]c(CNc3ccccc3F)nc2-c2cc/c(=N/C=N)[nH]c2)n1. The third-order valence-electron chi connectivity index (χ3n) is 4.49. The summed E-state index contributed by atoms with van der Waals surface area (Å²) in [5.74, 6) is 0.338. The van der Waals surface area contributed by atoms with Crippen LogP contribution in [0.15, 0.2) is 65.8 Å². The van der Waals surface area contributed by atoms with Gasteiger partial charge in [0, 0.05) is 17.5 Å². The van der Waals surface area contributed by atoms with E-state index in [1.807, 2.05) is 31.2 Å². The molecule has 1 aromatic carbocycles. The number of imidazole rings is 1. The van der Waals surface area contributed by atoms with Crippen molar-refractivity contribution in [3.63, 3.8) is 0 Å². The molecule has 150 valence electrons. The summed E-state index contributed by atoms with van der Waals surface area (Å²) in [6.45, 7) is 2.26. The molecule has 0 atom stereocenters. The average molecular weight is 401 g/mol. The van der Waals surface area contributed by atoms with Crippen molar-refractivity contribution in [1.29, 1.82) is 5.41 Å². The Bertz CT molecular complexity index is 1240. The fourth-order valence-corrected chi connectivity index (χ4v) is 3.08. The molecule has 30 heavy (non-hydrogen) atoms. The van der Waals surface area contributed by atoms with Gasteiger partial charge in [-0.15, -0.1) is 0 Å². The fourth-order valence-electron chi connectivity index (χ4n) is 3.08. The maximum atomic E-state index is 13.9. The van der Waals surface area contributed by atoms with E-state index in [4.69, 9.17) is 10.4 Å². The molecule has 0 radical (unpaired) electrons. The minimum Gasteiger partial charge on any atom is -0.375 e. The van der Waals surface area contributed by atoms with E-state index in [1.54, 1.807) is 30.5 Å². The summed E-state index contributed by atoms with van der Waals surface area (Å²) in [6.07, 6.45) is 2.76. The van der Waals surface area contributed by atoms with E-state index in [1.165, 1.54) is 6.07 Å². The minimum absolute atomic E-state index is 0.315. The summed E-state index contributed by atoms with van der Waals surface area (Å²) in [4.78, 5) is 19.6. The predicted octanol–water partition coefficient (Wildman–Crippen LogP) is 4.03. The molecule has 0 aliphatic heterocycles. The van der Waals surface area contributed by atoms with E-state index in [0.717, 1.165) is 34.7 Å². The van der Waals surface area contributed by atoms with E-state index in [-0.39, 0.29) is 5.82 Å². The molecule has 4 rings (SSSR count). The molecule has 0 bridgehead atoms. The van der Waals surface area contributed by atoms with Gasteiger partial charge in [0.15, 0.2) is 0 Å². The number of aromatic amines is 2. The Labute approximate surface area is 172 Å². The number of aryl methyl sites for hydroxylation is 1. The van der Waals surface area contributed by atoms with Crippen LogP contribution in [0.2, 0.25) is 0 Å². The summed E-state index contributed by atoms with van der Waals surface area (Å²) in [7, 11) is 0. The number of para-hydroxylation sites is 1. The van der Waals surface area contributed by atoms with Crippen molar-refractivity contribution >= 4 is 12.0 Å². The summed E-state index contributed by atoms with van der Waals surface area (Å²) in [5, 5.41) is 10.2. The van der Waals surface area contributed by atoms with Crippen LogP contribution in [0.3, 0.4) is 0 Å². The van der Waals surface area contributed by atoms with Gasteiger partial charge in [0.25, 0.3) is 0 Å². The first-order valence-electron chi connectivity index (χ1n) is 9.37.